The fraction of sp³-hybridized carbons (Fsp3) is 0.500. The summed E-state index contributed by atoms with van der Waals surface area (Å²) in [5.74, 6) is -3.71. The quantitative estimate of drug-likeness (QED) is 0.319. The predicted octanol–water partition coefficient (Wildman–Crippen LogP) is 1.06. The number of hydrogen-bond donors (Lipinski definition) is 1. The minimum Gasteiger partial charge on any atom is -0.507 e. The van der Waals surface area contributed by atoms with Crippen LogP contribution in [-0.4, -0.2) is 72.1 Å². The number of carbonyl (C=O) groups is 5. The van der Waals surface area contributed by atoms with Crippen LogP contribution in [0.25, 0.3) is 0 Å². The Hall–Kier alpha value is -3.67. The Morgan fingerprint density at radius 2 is 1.38 bits per heavy atom. The van der Waals surface area contributed by atoms with Gasteiger partial charge in [0.15, 0.2) is 18.0 Å². The van der Waals surface area contributed by atoms with E-state index in [0.29, 0.717) is 0 Å². The molecule has 5 unspecified atom stereocenters. The van der Waals surface area contributed by atoms with Crippen molar-refractivity contribution in [3.05, 3.63) is 23.8 Å². The third kappa shape index (κ3) is 7.17. The molecular weight excluding hydrogens is 456 g/mol. The number of aromatic hydroxyl groups is 1. The molecule has 0 aromatic heterocycles. The highest BCUT2D eigenvalue weighted by atomic mass is 16.7. The average Bonchev–Trinajstić information content (AvgIpc) is 2.69. The summed E-state index contributed by atoms with van der Waals surface area (Å²) in [5, 5.41) is 10.1. The normalized spacial score (nSPS) is 23.9. The van der Waals surface area contributed by atoms with Crippen LogP contribution in [0, 0.1) is 0 Å². The molecule has 1 aromatic carbocycles. The smallest absolute Gasteiger partial charge is 0.303 e. The molecule has 1 N–H and O–H groups in total. The minimum absolute atomic E-state index is 0.0170. The van der Waals surface area contributed by atoms with Gasteiger partial charge in [0.1, 0.15) is 24.2 Å². The molecule has 5 atom stereocenters. The zero-order valence-electron chi connectivity index (χ0n) is 19.3. The average molecular weight is 482 g/mol. The van der Waals surface area contributed by atoms with Crippen molar-refractivity contribution in [2.45, 2.75) is 65.3 Å². The second kappa shape index (κ2) is 11.5. The van der Waals surface area contributed by atoms with Gasteiger partial charge in [0.2, 0.25) is 12.4 Å². The highest BCUT2D eigenvalue weighted by Gasteiger charge is 2.53. The monoisotopic (exact) mass is 482 g/mol. The molecule has 0 aliphatic carbocycles. The lowest BCUT2D eigenvalue weighted by atomic mass is 9.98. The van der Waals surface area contributed by atoms with Gasteiger partial charge in [-0.15, -0.1) is 0 Å². The summed E-state index contributed by atoms with van der Waals surface area (Å²) in [7, 11) is 0. The van der Waals surface area contributed by atoms with Crippen molar-refractivity contribution in [1.82, 2.24) is 0 Å². The molecule has 0 radical (unpaired) electrons. The lowest BCUT2D eigenvalue weighted by Crippen LogP contribution is -2.63. The van der Waals surface area contributed by atoms with E-state index >= 15 is 0 Å². The Morgan fingerprint density at radius 1 is 0.824 bits per heavy atom. The van der Waals surface area contributed by atoms with Crippen LogP contribution in [0.2, 0.25) is 0 Å². The van der Waals surface area contributed by atoms with E-state index in [2.05, 4.69) is 0 Å². The van der Waals surface area contributed by atoms with Gasteiger partial charge in [0.05, 0.1) is 5.56 Å². The summed E-state index contributed by atoms with van der Waals surface area (Å²) in [5.41, 5.74) is 0.0499. The minimum atomic E-state index is -1.46. The van der Waals surface area contributed by atoms with Crippen LogP contribution in [0.3, 0.4) is 0 Å². The van der Waals surface area contributed by atoms with Crippen LogP contribution in [0.15, 0.2) is 18.2 Å². The number of benzene rings is 1. The first-order chi connectivity index (χ1) is 15.9. The van der Waals surface area contributed by atoms with Gasteiger partial charge in [-0.1, -0.05) is 0 Å². The summed E-state index contributed by atoms with van der Waals surface area (Å²) in [6, 6.07) is 3.83. The molecule has 0 bridgehead atoms. The molecule has 0 spiro atoms. The fourth-order valence-electron chi connectivity index (χ4n) is 3.30. The standard InChI is InChI=1S/C22H26O12/c1-10(23)16-7-6-15(8-17(16)28)33-22-21(32-14(5)27)20(31-13(4)26)19(30-12(3)25)18(34-22)9-29-11(2)24/h6-8,18-22,28H,9H2,1-5H3. The molecule has 1 saturated heterocycles. The topological polar surface area (TPSA) is 161 Å². The van der Waals surface area contributed by atoms with E-state index in [1.54, 1.807) is 0 Å². The largest absolute Gasteiger partial charge is 0.507 e. The van der Waals surface area contributed by atoms with E-state index in [9.17, 15) is 29.1 Å². The first-order valence-electron chi connectivity index (χ1n) is 10.2. The number of ketones is 1. The van der Waals surface area contributed by atoms with Gasteiger partial charge in [-0.05, 0) is 19.1 Å². The molecule has 34 heavy (non-hydrogen) atoms. The van der Waals surface area contributed by atoms with Gasteiger partial charge in [-0.2, -0.15) is 0 Å². The van der Waals surface area contributed by atoms with Crippen molar-refractivity contribution in [3.8, 4) is 11.5 Å². The number of ether oxygens (including phenoxy) is 6. The molecule has 12 heteroatoms. The van der Waals surface area contributed by atoms with E-state index in [1.807, 2.05) is 0 Å². The fourth-order valence-corrected chi connectivity index (χ4v) is 3.30. The molecule has 0 saturated carbocycles. The van der Waals surface area contributed by atoms with Crippen molar-refractivity contribution < 1.29 is 57.5 Å². The van der Waals surface area contributed by atoms with Gasteiger partial charge in [0.25, 0.3) is 0 Å². The van der Waals surface area contributed by atoms with E-state index in [4.69, 9.17) is 28.4 Å². The number of esters is 4. The Labute approximate surface area is 195 Å². The number of phenols is 1. The Kier molecular flexibility index (Phi) is 8.96. The SMILES string of the molecule is CC(=O)OCC1OC(Oc2ccc(C(C)=O)c(O)c2)C(OC(C)=O)C(OC(C)=O)C1OC(C)=O. The van der Waals surface area contributed by atoms with Crippen LogP contribution in [0.1, 0.15) is 45.0 Å². The third-order valence-electron chi connectivity index (χ3n) is 4.55. The van der Waals surface area contributed by atoms with Crippen molar-refractivity contribution >= 4 is 29.7 Å². The van der Waals surface area contributed by atoms with Crippen molar-refractivity contribution in [2.75, 3.05) is 6.61 Å². The first-order valence-corrected chi connectivity index (χ1v) is 10.2. The van der Waals surface area contributed by atoms with Crippen LogP contribution >= 0.6 is 0 Å². The van der Waals surface area contributed by atoms with E-state index in [1.165, 1.54) is 19.1 Å². The first kappa shape index (κ1) is 26.6. The zero-order chi connectivity index (χ0) is 25.6. The van der Waals surface area contributed by atoms with Crippen LogP contribution in [0.4, 0.5) is 0 Å². The van der Waals surface area contributed by atoms with Crippen molar-refractivity contribution in [2.24, 2.45) is 0 Å². The molecular formula is C22H26O12. The summed E-state index contributed by atoms with van der Waals surface area (Å²) in [4.78, 5) is 58.3. The summed E-state index contributed by atoms with van der Waals surface area (Å²) in [6.45, 7) is 5.32. The predicted molar refractivity (Wildman–Crippen MR) is 111 cm³/mol. The molecule has 1 aliphatic heterocycles. The van der Waals surface area contributed by atoms with Crippen LogP contribution in [0.5, 0.6) is 11.5 Å². The zero-order valence-corrected chi connectivity index (χ0v) is 19.3. The van der Waals surface area contributed by atoms with Gasteiger partial charge in [0, 0.05) is 33.8 Å². The lowest BCUT2D eigenvalue weighted by molar-refractivity contribution is -0.288. The summed E-state index contributed by atoms with van der Waals surface area (Å²) in [6.07, 6.45) is -6.77. The van der Waals surface area contributed by atoms with Gasteiger partial charge in [-0.3, -0.25) is 24.0 Å². The Bertz CT molecular complexity index is 955. The maximum absolute atomic E-state index is 11.8. The van der Waals surface area contributed by atoms with Crippen LogP contribution in [-0.2, 0) is 42.9 Å². The molecule has 2 rings (SSSR count). The second-order valence-electron chi connectivity index (χ2n) is 7.42. The molecule has 1 aromatic rings. The molecule has 12 nitrogen and oxygen atoms in total. The number of Topliss-reactive ketones (excluding diaryl/α,β-unsaturated/α-hetero) is 1. The Balaban J connectivity index is 2.47. The van der Waals surface area contributed by atoms with Crippen LogP contribution < -0.4 is 4.74 Å². The van der Waals surface area contributed by atoms with Gasteiger partial charge < -0.3 is 33.5 Å². The van der Waals surface area contributed by atoms with Crippen molar-refractivity contribution in [1.29, 1.82) is 0 Å². The van der Waals surface area contributed by atoms with E-state index in [0.717, 1.165) is 33.8 Å². The maximum Gasteiger partial charge on any atom is 0.303 e. The summed E-state index contributed by atoms with van der Waals surface area (Å²) < 4.78 is 32.4. The molecule has 1 heterocycles. The van der Waals surface area contributed by atoms with E-state index in [-0.39, 0.29) is 22.8 Å². The van der Waals surface area contributed by atoms with Gasteiger partial charge in [-0.25, -0.2) is 0 Å². The number of phenolic OH excluding ortho intramolecular Hbond substituents is 1. The lowest BCUT2D eigenvalue weighted by Gasteiger charge is -2.43. The highest BCUT2D eigenvalue weighted by Crippen LogP contribution is 2.32. The Morgan fingerprint density at radius 3 is 1.88 bits per heavy atom. The molecule has 186 valence electrons. The number of carbonyl (C=O) groups excluding carboxylic acids is 5. The second-order valence-corrected chi connectivity index (χ2v) is 7.42. The molecule has 0 amide bonds. The maximum atomic E-state index is 11.8. The highest BCUT2D eigenvalue weighted by molar-refractivity contribution is 5.96. The number of rotatable bonds is 8. The molecule has 1 fully saturated rings. The van der Waals surface area contributed by atoms with Gasteiger partial charge >= 0.3 is 23.9 Å². The number of hydrogen-bond acceptors (Lipinski definition) is 12. The summed E-state index contributed by atoms with van der Waals surface area (Å²) >= 11 is 0. The molecule has 1 aliphatic rings. The third-order valence-corrected chi connectivity index (χ3v) is 4.55. The van der Waals surface area contributed by atoms with E-state index < -0.39 is 61.2 Å². The van der Waals surface area contributed by atoms with Crippen molar-refractivity contribution in [3.63, 3.8) is 0 Å².